The molecule has 0 bridgehead atoms. The molecule has 0 N–H and O–H groups in total. The molecule has 0 spiro atoms. The van der Waals surface area contributed by atoms with Gasteiger partial charge in [-0.1, -0.05) is 0 Å². The van der Waals surface area contributed by atoms with Gasteiger partial charge >= 0.3 is 5.97 Å². The summed E-state index contributed by atoms with van der Waals surface area (Å²) in [6.45, 7) is 1.85. The number of carbonyl (C=O) groups excluding carboxylic acids is 1. The fraction of sp³-hybridized carbons (Fsp3) is 0.400. The van der Waals surface area contributed by atoms with E-state index in [9.17, 15) is 4.79 Å². The quantitative estimate of drug-likeness (QED) is 0.419. The van der Waals surface area contributed by atoms with Gasteiger partial charge in [0.25, 0.3) is 0 Å². The van der Waals surface area contributed by atoms with Gasteiger partial charge in [0, 0.05) is 0 Å². The van der Waals surface area contributed by atoms with Crippen LogP contribution in [0.4, 0.5) is 0 Å². The Kier molecular flexibility index (Phi) is 0.855. The molecule has 0 aromatic rings. The van der Waals surface area contributed by atoms with Crippen LogP contribution in [-0.2, 0) is 9.53 Å². The Morgan fingerprint density at radius 3 is 2.57 bits per heavy atom. The van der Waals surface area contributed by atoms with Gasteiger partial charge in [-0.15, -0.1) is 0 Å². The zero-order valence-electron chi connectivity index (χ0n) is 4.10. The molecular weight excluding hydrogens is 92.1 g/mol. The summed E-state index contributed by atoms with van der Waals surface area (Å²) in [7, 11) is 0. The molecule has 7 heavy (non-hydrogen) atoms. The van der Waals surface area contributed by atoms with Gasteiger partial charge in [-0.3, -0.25) is 4.79 Å². The highest BCUT2D eigenvalue weighted by Gasteiger charge is 2.19. The first-order valence-electron chi connectivity index (χ1n) is 2.19. The highest BCUT2D eigenvalue weighted by molar-refractivity contribution is 5.79. The van der Waals surface area contributed by atoms with E-state index in [4.69, 9.17) is 0 Å². The number of esters is 1. The minimum atomic E-state index is -0.117. The molecule has 1 aliphatic rings. The fourth-order valence-electron chi connectivity index (χ4n) is 0.441. The van der Waals surface area contributed by atoms with Crippen LogP contribution >= 0.6 is 0 Å². The van der Waals surface area contributed by atoms with E-state index in [1.54, 1.807) is 6.08 Å². The first kappa shape index (κ1) is 4.37. The lowest BCUT2D eigenvalue weighted by Crippen LogP contribution is -2.16. The van der Waals surface area contributed by atoms with Gasteiger partial charge in [0.15, 0.2) is 0 Å². The van der Waals surface area contributed by atoms with Gasteiger partial charge in [0.05, 0.1) is 0 Å². The summed E-state index contributed by atoms with van der Waals surface area (Å²) >= 11 is 0. The highest BCUT2D eigenvalue weighted by Crippen LogP contribution is 2.15. The van der Waals surface area contributed by atoms with E-state index in [0.29, 0.717) is 6.42 Å². The van der Waals surface area contributed by atoms with Crippen LogP contribution in [0.2, 0.25) is 0 Å². The number of rotatable bonds is 0. The molecule has 1 saturated heterocycles. The van der Waals surface area contributed by atoms with Gasteiger partial charge in [0.1, 0.15) is 12.2 Å². The Hall–Kier alpha value is -0.790. The van der Waals surface area contributed by atoms with Crippen LogP contribution in [0.5, 0.6) is 0 Å². The van der Waals surface area contributed by atoms with Crippen LogP contribution < -0.4 is 0 Å². The predicted octanol–water partition coefficient (Wildman–Crippen LogP) is 0.837. The molecule has 0 atom stereocenters. The number of cyclic esters (lactones) is 1. The van der Waals surface area contributed by atoms with Crippen LogP contribution in [-0.4, -0.2) is 5.97 Å². The van der Waals surface area contributed by atoms with Crippen LogP contribution in [0.1, 0.15) is 13.3 Å². The van der Waals surface area contributed by atoms with Crippen molar-refractivity contribution in [1.29, 1.82) is 0 Å². The molecule has 1 rings (SSSR count). The third-order valence-electron chi connectivity index (χ3n) is 0.885. The SMILES string of the molecule is C/C=C1/CC(=O)O1. The van der Waals surface area contributed by atoms with Crippen molar-refractivity contribution in [1.82, 2.24) is 0 Å². The van der Waals surface area contributed by atoms with Gasteiger partial charge in [-0.2, -0.15) is 0 Å². The Morgan fingerprint density at radius 2 is 2.43 bits per heavy atom. The van der Waals surface area contributed by atoms with Crippen molar-refractivity contribution < 1.29 is 9.53 Å². The van der Waals surface area contributed by atoms with E-state index < -0.39 is 0 Å². The lowest BCUT2D eigenvalue weighted by atomic mass is 10.3. The van der Waals surface area contributed by atoms with Gasteiger partial charge < -0.3 is 4.74 Å². The molecule has 0 aliphatic carbocycles. The molecule has 2 heteroatoms. The second-order valence-corrected chi connectivity index (χ2v) is 1.41. The molecule has 1 fully saturated rings. The molecule has 1 aliphatic heterocycles. The number of allylic oxidation sites excluding steroid dienone is 1. The minimum Gasteiger partial charge on any atom is -0.430 e. The maximum Gasteiger partial charge on any atom is 0.318 e. The van der Waals surface area contributed by atoms with Crippen molar-refractivity contribution in [2.45, 2.75) is 13.3 Å². The van der Waals surface area contributed by atoms with Crippen LogP contribution in [0, 0.1) is 0 Å². The highest BCUT2D eigenvalue weighted by atomic mass is 16.6. The van der Waals surface area contributed by atoms with Crippen molar-refractivity contribution in [2.75, 3.05) is 0 Å². The number of hydrogen-bond donors (Lipinski definition) is 0. The largest absolute Gasteiger partial charge is 0.430 e. The van der Waals surface area contributed by atoms with Gasteiger partial charge in [-0.25, -0.2) is 0 Å². The molecule has 0 saturated carbocycles. The van der Waals surface area contributed by atoms with E-state index in [-0.39, 0.29) is 5.97 Å². The van der Waals surface area contributed by atoms with E-state index in [0.717, 1.165) is 5.76 Å². The zero-order valence-corrected chi connectivity index (χ0v) is 4.10. The number of ether oxygens (including phenoxy) is 1. The fourth-order valence-corrected chi connectivity index (χ4v) is 0.441. The summed E-state index contributed by atoms with van der Waals surface area (Å²) in [5.74, 6) is 0.679. The van der Waals surface area contributed by atoms with Crippen molar-refractivity contribution in [3.63, 3.8) is 0 Å². The topological polar surface area (TPSA) is 26.3 Å². The summed E-state index contributed by atoms with van der Waals surface area (Å²) in [5.41, 5.74) is 0. The summed E-state index contributed by atoms with van der Waals surface area (Å²) in [4.78, 5) is 10.0. The van der Waals surface area contributed by atoms with Crippen molar-refractivity contribution in [2.24, 2.45) is 0 Å². The number of hydrogen-bond acceptors (Lipinski definition) is 2. The molecule has 0 unspecified atom stereocenters. The third kappa shape index (κ3) is 0.633. The molecule has 0 aromatic heterocycles. The first-order chi connectivity index (χ1) is 3.33. The molecule has 1 heterocycles. The van der Waals surface area contributed by atoms with Crippen molar-refractivity contribution in [3.8, 4) is 0 Å². The average Bonchev–Trinajstić information content (AvgIpc) is 1.58. The lowest BCUT2D eigenvalue weighted by Gasteiger charge is -2.14. The molecule has 2 nitrogen and oxygen atoms in total. The minimum absolute atomic E-state index is 0.117. The normalized spacial score (nSPS) is 24.1. The maximum absolute atomic E-state index is 10.0. The Balaban J connectivity index is 2.44. The summed E-state index contributed by atoms with van der Waals surface area (Å²) in [6.07, 6.45) is 2.29. The third-order valence-corrected chi connectivity index (χ3v) is 0.885. The van der Waals surface area contributed by atoms with E-state index in [2.05, 4.69) is 4.74 Å². The molecule has 0 amide bonds. The predicted molar refractivity (Wildman–Crippen MR) is 24.5 cm³/mol. The van der Waals surface area contributed by atoms with Crippen LogP contribution in [0.15, 0.2) is 11.8 Å². The van der Waals surface area contributed by atoms with Crippen LogP contribution in [0.3, 0.4) is 0 Å². The second-order valence-electron chi connectivity index (χ2n) is 1.41. The van der Waals surface area contributed by atoms with Crippen molar-refractivity contribution in [3.05, 3.63) is 11.8 Å². The lowest BCUT2D eigenvalue weighted by molar-refractivity contribution is -0.148. The smallest absolute Gasteiger partial charge is 0.318 e. The molecule has 38 valence electrons. The molecule has 0 aromatic carbocycles. The Labute approximate surface area is 41.8 Å². The van der Waals surface area contributed by atoms with E-state index >= 15 is 0 Å². The van der Waals surface area contributed by atoms with Crippen molar-refractivity contribution >= 4 is 5.97 Å². The number of carbonyl (C=O) groups is 1. The summed E-state index contributed by atoms with van der Waals surface area (Å²) in [5, 5.41) is 0. The Morgan fingerprint density at radius 1 is 1.86 bits per heavy atom. The first-order valence-corrected chi connectivity index (χ1v) is 2.19. The van der Waals surface area contributed by atoms with Gasteiger partial charge in [-0.05, 0) is 13.0 Å². The summed E-state index contributed by atoms with van der Waals surface area (Å²) < 4.78 is 4.51. The Bertz CT molecular complexity index is 114. The summed E-state index contributed by atoms with van der Waals surface area (Å²) in [6, 6.07) is 0. The second kappa shape index (κ2) is 1.37. The van der Waals surface area contributed by atoms with Crippen LogP contribution in [0.25, 0.3) is 0 Å². The van der Waals surface area contributed by atoms with E-state index in [1.165, 1.54) is 0 Å². The van der Waals surface area contributed by atoms with Gasteiger partial charge in [0.2, 0.25) is 0 Å². The maximum atomic E-state index is 10.0. The zero-order chi connectivity index (χ0) is 5.28. The molecule has 0 radical (unpaired) electrons. The average molecular weight is 98.1 g/mol. The standard InChI is InChI=1S/C5H6O2/c1-2-4-3-5(6)7-4/h2H,3H2,1H3/b4-2-. The molecular formula is C5H6O2. The monoisotopic (exact) mass is 98.0 g/mol. The van der Waals surface area contributed by atoms with E-state index in [1.807, 2.05) is 6.92 Å².